The predicted molar refractivity (Wildman–Crippen MR) is 75.1 cm³/mol. The van der Waals surface area contributed by atoms with Crippen molar-refractivity contribution in [2.75, 3.05) is 7.11 Å². The third-order valence-corrected chi connectivity index (χ3v) is 3.18. The van der Waals surface area contributed by atoms with Gasteiger partial charge in [0.2, 0.25) is 0 Å². The first-order valence-electron chi connectivity index (χ1n) is 6.13. The van der Waals surface area contributed by atoms with Crippen molar-refractivity contribution in [1.29, 1.82) is 0 Å². The molecule has 0 aliphatic carbocycles. The van der Waals surface area contributed by atoms with Gasteiger partial charge in [-0.15, -0.1) is 0 Å². The van der Waals surface area contributed by atoms with Crippen LogP contribution in [0.1, 0.15) is 5.56 Å². The van der Waals surface area contributed by atoms with Gasteiger partial charge in [0.25, 0.3) is 0 Å². The fraction of sp³-hybridized carbons (Fsp3) is 0.133. The van der Waals surface area contributed by atoms with Crippen molar-refractivity contribution < 1.29 is 4.74 Å². The number of fused-ring (bicyclic) bond motifs is 1. The molecule has 0 saturated carbocycles. The van der Waals surface area contributed by atoms with Crippen LogP contribution in [0.15, 0.2) is 48.8 Å². The minimum absolute atomic E-state index is 0.533. The number of ether oxygens (including phenoxy) is 1. The van der Waals surface area contributed by atoms with E-state index in [1.807, 2.05) is 53.2 Å². The molecule has 0 unspecified atom stereocenters. The number of imidazole rings is 1. The van der Waals surface area contributed by atoms with E-state index in [2.05, 4.69) is 4.98 Å². The van der Waals surface area contributed by atoms with E-state index in [0.717, 1.165) is 28.2 Å². The van der Waals surface area contributed by atoms with Crippen molar-refractivity contribution in [1.82, 2.24) is 9.38 Å². The number of aromatic nitrogens is 2. The summed E-state index contributed by atoms with van der Waals surface area (Å²) in [5.41, 5.74) is 8.76. The Bertz CT molecular complexity index is 718. The van der Waals surface area contributed by atoms with Crippen molar-refractivity contribution >= 4 is 5.52 Å². The molecule has 3 rings (SSSR count). The fourth-order valence-corrected chi connectivity index (χ4v) is 2.20. The Morgan fingerprint density at radius 3 is 2.89 bits per heavy atom. The van der Waals surface area contributed by atoms with Crippen molar-refractivity contribution in [2.24, 2.45) is 5.73 Å². The van der Waals surface area contributed by atoms with E-state index in [1.54, 1.807) is 7.11 Å². The van der Waals surface area contributed by atoms with Gasteiger partial charge in [-0.05, 0) is 29.8 Å². The SMILES string of the molecule is COc1ccccc1-c1ncc2cc(CN)ccn12. The number of hydrogen-bond acceptors (Lipinski definition) is 3. The summed E-state index contributed by atoms with van der Waals surface area (Å²) in [6.45, 7) is 0.533. The summed E-state index contributed by atoms with van der Waals surface area (Å²) in [6, 6.07) is 11.9. The van der Waals surface area contributed by atoms with Gasteiger partial charge in [0, 0.05) is 12.7 Å². The molecule has 0 saturated heterocycles. The number of nitrogens with zero attached hydrogens (tertiary/aromatic N) is 2. The Kier molecular flexibility index (Phi) is 2.93. The molecular formula is C15H15N3O. The number of nitrogens with two attached hydrogens (primary N) is 1. The standard InChI is InChI=1S/C15H15N3O/c1-19-14-5-3-2-4-13(14)15-17-10-12-8-11(9-16)6-7-18(12)15/h2-8,10H,9,16H2,1H3. The van der Waals surface area contributed by atoms with Gasteiger partial charge in [0.05, 0.1) is 24.4 Å². The van der Waals surface area contributed by atoms with Gasteiger partial charge in [-0.3, -0.25) is 4.40 Å². The van der Waals surface area contributed by atoms with E-state index in [9.17, 15) is 0 Å². The summed E-state index contributed by atoms with van der Waals surface area (Å²) in [5, 5.41) is 0. The van der Waals surface area contributed by atoms with E-state index in [0.29, 0.717) is 6.54 Å². The molecule has 0 bridgehead atoms. The number of benzene rings is 1. The molecule has 2 N–H and O–H groups in total. The van der Waals surface area contributed by atoms with Crippen LogP contribution in [0.2, 0.25) is 0 Å². The van der Waals surface area contributed by atoms with Crippen LogP contribution in [0, 0.1) is 0 Å². The Morgan fingerprint density at radius 1 is 1.26 bits per heavy atom. The smallest absolute Gasteiger partial charge is 0.148 e. The van der Waals surface area contributed by atoms with Gasteiger partial charge in [-0.2, -0.15) is 0 Å². The van der Waals surface area contributed by atoms with Crippen molar-refractivity contribution in [3.63, 3.8) is 0 Å². The molecule has 0 amide bonds. The first-order chi connectivity index (χ1) is 9.33. The summed E-state index contributed by atoms with van der Waals surface area (Å²) >= 11 is 0. The highest BCUT2D eigenvalue weighted by atomic mass is 16.5. The largest absolute Gasteiger partial charge is 0.496 e. The number of hydrogen-bond donors (Lipinski definition) is 1. The van der Waals surface area contributed by atoms with E-state index in [4.69, 9.17) is 10.5 Å². The summed E-state index contributed by atoms with van der Waals surface area (Å²) < 4.78 is 7.43. The zero-order valence-electron chi connectivity index (χ0n) is 10.7. The normalized spacial score (nSPS) is 10.8. The van der Waals surface area contributed by atoms with Gasteiger partial charge in [0.1, 0.15) is 11.6 Å². The van der Waals surface area contributed by atoms with Crippen LogP contribution in [-0.4, -0.2) is 16.5 Å². The third kappa shape index (κ3) is 1.96. The average Bonchev–Trinajstić information content (AvgIpc) is 2.89. The lowest BCUT2D eigenvalue weighted by Gasteiger charge is -2.07. The van der Waals surface area contributed by atoms with Gasteiger partial charge >= 0.3 is 0 Å². The molecule has 2 aromatic heterocycles. The molecule has 3 aromatic rings. The second-order valence-electron chi connectivity index (χ2n) is 4.32. The number of methoxy groups -OCH3 is 1. The lowest BCUT2D eigenvalue weighted by Crippen LogP contribution is -1.98. The van der Waals surface area contributed by atoms with Gasteiger partial charge in [0.15, 0.2) is 0 Å². The summed E-state index contributed by atoms with van der Waals surface area (Å²) in [7, 11) is 1.67. The van der Waals surface area contributed by atoms with Crippen molar-refractivity contribution in [3.05, 3.63) is 54.4 Å². The molecule has 96 valence electrons. The lowest BCUT2D eigenvalue weighted by atomic mass is 10.2. The van der Waals surface area contributed by atoms with Crippen molar-refractivity contribution in [3.8, 4) is 17.1 Å². The molecular weight excluding hydrogens is 238 g/mol. The monoisotopic (exact) mass is 253 g/mol. The molecule has 0 fully saturated rings. The minimum Gasteiger partial charge on any atom is -0.496 e. The van der Waals surface area contributed by atoms with Gasteiger partial charge < -0.3 is 10.5 Å². The second-order valence-corrected chi connectivity index (χ2v) is 4.32. The maximum absolute atomic E-state index is 5.65. The molecule has 4 nitrogen and oxygen atoms in total. The molecule has 1 aromatic carbocycles. The van der Waals surface area contributed by atoms with E-state index >= 15 is 0 Å². The third-order valence-electron chi connectivity index (χ3n) is 3.18. The zero-order chi connectivity index (χ0) is 13.2. The molecule has 0 radical (unpaired) electrons. The molecule has 2 heterocycles. The van der Waals surface area contributed by atoms with Crippen LogP contribution in [0.3, 0.4) is 0 Å². The molecule has 4 heteroatoms. The van der Waals surface area contributed by atoms with Gasteiger partial charge in [-0.1, -0.05) is 12.1 Å². The number of rotatable bonds is 3. The van der Waals surface area contributed by atoms with Crippen LogP contribution >= 0.6 is 0 Å². The average molecular weight is 253 g/mol. The first kappa shape index (κ1) is 11.7. The second kappa shape index (κ2) is 4.74. The summed E-state index contributed by atoms with van der Waals surface area (Å²) in [6.07, 6.45) is 3.84. The highest BCUT2D eigenvalue weighted by Gasteiger charge is 2.10. The Hall–Kier alpha value is -2.33. The van der Waals surface area contributed by atoms with E-state index in [-0.39, 0.29) is 0 Å². The van der Waals surface area contributed by atoms with Crippen molar-refractivity contribution in [2.45, 2.75) is 6.54 Å². The number of pyridine rings is 1. The quantitative estimate of drug-likeness (QED) is 0.780. The van der Waals surface area contributed by atoms with Crippen LogP contribution in [0.5, 0.6) is 5.75 Å². The maximum Gasteiger partial charge on any atom is 0.148 e. The van der Waals surface area contributed by atoms with Crippen LogP contribution in [0.25, 0.3) is 16.9 Å². The van der Waals surface area contributed by atoms with E-state index < -0.39 is 0 Å². The van der Waals surface area contributed by atoms with Crippen LogP contribution in [-0.2, 0) is 6.54 Å². The van der Waals surface area contributed by atoms with Crippen LogP contribution < -0.4 is 10.5 Å². The van der Waals surface area contributed by atoms with Gasteiger partial charge in [-0.25, -0.2) is 4.98 Å². The highest BCUT2D eigenvalue weighted by molar-refractivity contribution is 5.68. The molecule has 19 heavy (non-hydrogen) atoms. The minimum atomic E-state index is 0.533. The van der Waals surface area contributed by atoms with E-state index in [1.165, 1.54) is 0 Å². The maximum atomic E-state index is 5.65. The summed E-state index contributed by atoms with van der Waals surface area (Å²) in [5.74, 6) is 1.69. The Balaban J connectivity index is 2.20. The molecule has 0 spiro atoms. The highest BCUT2D eigenvalue weighted by Crippen LogP contribution is 2.29. The topological polar surface area (TPSA) is 52.5 Å². The predicted octanol–water partition coefficient (Wildman–Crippen LogP) is 2.47. The summed E-state index contributed by atoms with van der Waals surface area (Å²) in [4.78, 5) is 4.49. The first-order valence-corrected chi connectivity index (χ1v) is 6.13. The molecule has 0 atom stereocenters. The molecule has 0 aliphatic heterocycles. The molecule has 0 aliphatic rings. The Labute approximate surface area is 111 Å². The lowest BCUT2D eigenvalue weighted by molar-refractivity contribution is 0.416. The fourth-order valence-electron chi connectivity index (χ4n) is 2.20. The number of para-hydroxylation sites is 1. The van der Waals surface area contributed by atoms with Crippen LogP contribution in [0.4, 0.5) is 0 Å². The zero-order valence-corrected chi connectivity index (χ0v) is 10.7. The Morgan fingerprint density at radius 2 is 2.11 bits per heavy atom.